The largest absolute Gasteiger partial charge is 0.394 e. The second kappa shape index (κ2) is 5.98. The number of aliphatic hydroxyl groups excluding tert-OH is 1. The summed E-state index contributed by atoms with van der Waals surface area (Å²) in [5.74, 6) is -0.000741. The van der Waals surface area contributed by atoms with Gasteiger partial charge in [0.05, 0.1) is 19.3 Å². The standard InChI is InChI=1S/C14H19NO3/c1-18-10-11-5-2-3-7-13(11)14(17)15-8-4-6-12(15)9-16/h2-3,5,7,12,16H,4,6,8-10H2,1H3/t12-/m0/s1. The molecule has 0 aromatic heterocycles. The summed E-state index contributed by atoms with van der Waals surface area (Å²) in [6, 6.07) is 7.45. The van der Waals surface area contributed by atoms with Crippen molar-refractivity contribution in [2.75, 3.05) is 20.3 Å². The maximum Gasteiger partial charge on any atom is 0.254 e. The van der Waals surface area contributed by atoms with Gasteiger partial charge in [0, 0.05) is 19.2 Å². The Hall–Kier alpha value is -1.39. The van der Waals surface area contributed by atoms with E-state index in [2.05, 4.69) is 0 Å². The number of amides is 1. The van der Waals surface area contributed by atoms with Gasteiger partial charge in [-0.2, -0.15) is 0 Å². The van der Waals surface area contributed by atoms with Crippen LogP contribution in [0.15, 0.2) is 24.3 Å². The van der Waals surface area contributed by atoms with Gasteiger partial charge in [-0.15, -0.1) is 0 Å². The van der Waals surface area contributed by atoms with Gasteiger partial charge in [0.2, 0.25) is 0 Å². The quantitative estimate of drug-likeness (QED) is 0.878. The summed E-state index contributed by atoms with van der Waals surface area (Å²) in [4.78, 5) is 14.2. The van der Waals surface area contributed by atoms with E-state index in [-0.39, 0.29) is 18.6 Å². The number of methoxy groups -OCH3 is 1. The highest BCUT2D eigenvalue weighted by atomic mass is 16.5. The van der Waals surface area contributed by atoms with Gasteiger partial charge in [-0.05, 0) is 24.5 Å². The van der Waals surface area contributed by atoms with E-state index in [4.69, 9.17) is 4.74 Å². The average Bonchev–Trinajstić information content (AvgIpc) is 2.87. The summed E-state index contributed by atoms with van der Waals surface area (Å²) < 4.78 is 5.11. The van der Waals surface area contributed by atoms with Crippen molar-refractivity contribution in [2.45, 2.75) is 25.5 Å². The minimum atomic E-state index is -0.0342. The van der Waals surface area contributed by atoms with E-state index in [9.17, 15) is 9.90 Å². The highest BCUT2D eigenvalue weighted by Crippen LogP contribution is 2.21. The third-order valence-electron chi connectivity index (χ3n) is 3.40. The molecule has 1 saturated heterocycles. The zero-order valence-electron chi connectivity index (χ0n) is 10.6. The third-order valence-corrected chi connectivity index (χ3v) is 3.40. The van der Waals surface area contributed by atoms with Gasteiger partial charge in [0.15, 0.2) is 0 Å². The Bertz CT molecular complexity index is 419. The van der Waals surface area contributed by atoms with Crippen LogP contribution in [-0.4, -0.2) is 42.2 Å². The molecule has 0 radical (unpaired) electrons. The summed E-state index contributed by atoms with van der Waals surface area (Å²) in [6.07, 6.45) is 1.85. The minimum Gasteiger partial charge on any atom is -0.394 e. The molecule has 1 atom stereocenters. The predicted octanol–water partition coefficient (Wildman–Crippen LogP) is 1.43. The fourth-order valence-corrected chi connectivity index (χ4v) is 2.46. The molecule has 1 amide bonds. The monoisotopic (exact) mass is 249 g/mol. The molecule has 0 bridgehead atoms. The van der Waals surface area contributed by atoms with Gasteiger partial charge < -0.3 is 14.7 Å². The Balaban J connectivity index is 2.22. The molecule has 0 unspecified atom stereocenters. The first-order valence-corrected chi connectivity index (χ1v) is 6.26. The molecule has 4 nitrogen and oxygen atoms in total. The van der Waals surface area contributed by atoms with Gasteiger partial charge in [-0.3, -0.25) is 4.79 Å². The van der Waals surface area contributed by atoms with Crippen LogP contribution in [0.3, 0.4) is 0 Å². The number of likely N-dealkylation sites (tertiary alicyclic amines) is 1. The molecule has 98 valence electrons. The number of hydrogen-bond acceptors (Lipinski definition) is 3. The van der Waals surface area contributed by atoms with E-state index >= 15 is 0 Å². The highest BCUT2D eigenvalue weighted by molar-refractivity contribution is 5.96. The lowest BCUT2D eigenvalue weighted by atomic mass is 10.1. The van der Waals surface area contributed by atoms with Gasteiger partial charge in [-0.1, -0.05) is 18.2 Å². The van der Waals surface area contributed by atoms with E-state index < -0.39 is 0 Å². The molecule has 0 spiro atoms. The molecule has 1 aromatic rings. The van der Waals surface area contributed by atoms with Gasteiger partial charge >= 0.3 is 0 Å². The Morgan fingerprint density at radius 1 is 1.50 bits per heavy atom. The lowest BCUT2D eigenvalue weighted by molar-refractivity contribution is 0.0673. The van der Waals surface area contributed by atoms with Crippen LogP contribution in [0, 0.1) is 0 Å². The second-order valence-corrected chi connectivity index (χ2v) is 4.57. The Labute approximate surface area is 107 Å². The van der Waals surface area contributed by atoms with Crippen molar-refractivity contribution in [3.63, 3.8) is 0 Å². The third kappa shape index (κ3) is 2.54. The maximum absolute atomic E-state index is 12.5. The number of carbonyl (C=O) groups excluding carboxylic acids is 1. The Morgan fingerprint density at radius 2 is 2.28 bits per heavy atom. The van der Waals surface area contributed by atoms with Gasteiger partial charge in [0.25, 0.3) is 5.91 Å². The van der Waals surface area contributed by atoms with Gasteiger partial charge in [-0.25, -0.2) is 0 Å². The number of carbonyl (C=O) groups is 1. The minimum absolute atomic E-state index is 0.000741. The van der Waals surface area contributed by atoms with Crippen molar-refractivity contribution in [3.8, 4) is 0 Å². The molecule has 1 aromatic carbocycles. The van der Waals surface area contributed by atoms with Crippen LogP contribution >= 0.6 is 0 Å². The summed E-state index contributed by atoms with van der Waals surface area (Å²) >= 11 is 0. The lowest BCUT2D eigenvalue weighted by Crippen LogP contribution is -2.38. The molecule has 1 N–H and O–H groups in total. The zero-order valence-corrected chi connectivity index (χ0v) is 10.6. The van der Waals surface area contributed by atoms with E-state index in [1.807, 2.05) is 24.3 Å². The fraction of sp³-hybridized carbons (Fsp3) is 0.500. The van der Waals surface area contributed by atoms with Crippen LogP contribution in [0.5, 0.6) is 0 Å². The van der Waals surface area contributed by atoms with E-state index in [0.717, 1.165) is 24.9 Å². The average molecular weight is 249 g/mol. The highest BCUT2D eigenvalue weighted by Gasteiger charge is 2.29. The number of nitrogens with zero attached hydrogens (tertiary/aromatic N) is 1. The van der Waals surface area contributed by atoms with E-state index in [1.165, 1.54) is 0 Å². The second-order valence-electron chi connectivity index (χ2n) is 4.57. The number of hydrogen-bond donors (Lipinski definition) is 1. The van der Waals surface area contributed by atoms with Crippen LogP contribution in [0.4, 0.5) is 0 Å². The van der Waals surface area contributed by atoms with Crippen LogP contribution in [0.25, 0.3) is 0 Å². The molecule has 1 aliphatic heterocycles. The molecule has 0 aliphatic carbocycles. The molecule has 1 aliphatic rings. The number of benzene rings is 1. The summed E-state index contributed by atoms with van der Waals surface area (Å²) in [5.41, 5.74) is 1.58. The van der Waals surface area contributed by atoms with Gasteiger partial charge in [0.1, 0.15) is 0 Å². The fourth-order valence-electron chi connectivity index (χ4n) is 2.46. The molecular weight excluding hydrogens is 230 g/mol. The number of rotatable bonds is 4. The Kier molecular flexibility index (Phi) is 4.33. The maximum atomic E-state index is 12.5. The first-order chi connectivity index (χ1) is 8.77. The SMILES string of the molecule is COCc1ccccc1C(=O)N1CCC[C@H]1CO. The van der Waals surface area contributed by atoms with Crippen molar-refractivity contribution < 1.29 is 14.6 Å². The first-order valence-electron chi connectivity index (χ1n) is 6.26. The molecule has 1 heterocycles. The summed E-state index contributed by atoms with van der Waals surface area (Å²) in [7, 11) is 1.62. The van der Waals surface area contributed by atoms with Crippen LogP contribution < -0.4 is 0 Å². The topological polar surface area (TPSA) is 49.8 Å². The zero-order chi connectivity index (χ0) is 13.0. The molecule has 2 rings (SSSR count). The molecular formula is C14H19NO3. The molecule has 0 saturated carbocycles. The van der Waals surface area contributed by atoms with E-state index in [0.29, 0.717) is 12.2 Å². The molecule has 1 fully saturated rings. The number of ether oxygens (including phenoxy) is 1. The van der Waals surface area contributed by atoms with Crippen LogP contribution in [0.1, 0.15) is 28.8 Å². The van der Waals surface area contributed by atoms with Crippen molar-refractivity contribution in [2.24, 2.45) is 0 Å². The smallest absolute Gasteiger partial charge is 0.254 e. The number of aliphatic hydroxyl groups is 1. The van der Waals surface area contributed by atoms with Crippen molar-refractivity contribution >= 4 is 5.91 Å². The Morgan fingerprint density at radius 3 is 3.00 bits per heavy atom. The van der Waals surface area contributed by atoms with E-state index in [1.54, 1.807) is 12.0 Å². The summed E-state index contributed by atoms with van der Waals surface area (Å²) in [6.45, 7) is 1.20. The van der Waals surface area contributed by atoms with Crippen molar-refractivity contribution in [3.05, 3.63) is 35.4 Å². The first kappa shape index (κ1) is 13.1. The molecule has 4 heteroatoms. The van der Waals surface area contributed by atoms with Crippen LogP contribution in [-0.2, 0) is 11.3 Å². The lowest BCUT2D eigenvalue weighted by Gasteiger charge is -2.24. The van der Waals surface area contributed by atoms with Crippen molar-refractivity contribution in [1.82, 2.24) is 4.90 Å². The normalized spacial score (nSPS) is 19.2. The van der Waals surface area contributed by atoms with Crippen molar-refractivity contribution in [1.29, 1.82) is 0 Å². The molecule has 18 heavy (non-hydrogen) atoms. The van der Waals surface area contributed by atoms with Crippen LogP contribution in [0.2, 0.25) is 0 Å². The summed E-state index contributed by atoms with van der Waals surface area (Å²) in [5, 5.41) is 9.29. The predicted molar refractivity (Wildman–Crippen MR) is 68.3 cm³/mol.